The standard InChI is InChI=1S/C13H20N2O/c14-13-7-6-12(16-13)10-15-9-8-11-4-2-1-3-5-11/h4,6-7,15H,1-3,5,8-10,14H2. The van der Waals surface area contributed by atoms with Gasteiger partial charge in [0, 0.05) is 6.07 Å². The Morgan fingerprint density at radius 3 is 2.94 bits per heavy atom. The van der Waals surface area contributed by atoms with E-state index in [9.17, 15) is 0 Å². The molecule has 0 unspecified atom stereocenters. The predicted octanol–water partition coefficient (Wildman–Crippen LogP) is 2.84. The quantitative estimate of drug-likeness (QED) is 0.592. The number of hydrogen-bond donors (Lipinski definition) is 2. The molecule has 3 N–H and O–H groups in total. The number of allylic oxidation sites excluding steroid dienone is 1. The minimum absolute atomic E-state index is 0.492. The van der Waals surface area contributed by atoms with Gasteiger partial charge in [-0.15, -0.1) is 0 Å². The highest BCUT2D eigenvalue weighted by molar-refractivity contribution is 5.25. The van der Waals surface area contributed by atoms with Crippen molar-refractivity contribution in [1.82, 2.24) is 5.32 Å². The van der Waals surface area contributed by atoms with Crippen LogP contribution in [0.4, 0.5) is 5.88 Å². The number of rotatable bonds is 5. The zero-order valence-corrected chi connectivity index (χ0v) is 9.67. The van der Waals surface area contributed by atoms with E-state index in [-0.39, 0.29) is 0 Å². The van der Waals surface area contributed by atoms with Crippen LogP contribution in [0.15, 0.2) is 28.2 Å². The molecule has 0 saturated carbocycles. The molecule has 3 heteroatoms. The number of nitrogens with one attached hydrogen (secondary N) is 1. The molecule has 1 aliphatic rings. The van der Waals surface area contributed by atoms with Gasteiger partial charge in [-0.05, 0) is 44.7 Å². The zero-order valence-electron chi connectivity index (χ0n) is 9.67. The maximum absolute atomic E-state index is 5.50. The maximum atomic E-state index is 5.50. The van der Waals surface area contributed by atoms with Crippen LogP contribution in [0.25, 0.3) is 0 Å². The van der Waals surface area contributed by atoms with Gasteiger partial charge in [-0.3, -0.25) is 0 Å². The van der Waals surface area contributed by atoms with E-state index in [2.05, 4.69) is 11.4 Å². The molecule has 3 nitrogen and oxygen atoms in total. The number of nitrogens with two attached hydrogens (primary N) is 1. The van der Waals surface area contributed by atoms with Crippen LogP contribution < -0.4 is 11.1 Å². The average Bonchev–Trinajstić information content (AvgIpc) is 2.72. The van der Waals surface area contributed by atoms with E-state index in [0.29, 0.717) is 5.88 Å². The van der Waals surface area contributed by atoms with Gasteiger partial charge in [-0.25, -0.2) is 0 Å². The molecule has 88 valence electrons. The number of nitrogen functional groups attached to an aromatic ring is 1. The van der Waals surface area contributed by atoms with Gasteiger partial charge in [0.25, 0.3) is 0 Å². The van der Waals surface area contributed by atoms with Crippen molar-refractivity contribution < 1.29 is 4.42 Å². The van der Waals surface area contributed by atoms with Crippen LogP contribution in [0.1, 0.15) is 37.9 Å². The van der Waals surface area contributed by atoms with Gasteiger partial charge in [0.2, 0.25) is 0 Å². The largest absolute Gasteiger partial charge is 0.445 e. The molecular weight excluding hydrogens is 200 g/mol. The second-order valence-corrected chi connectivity index (χ2v) is 4.34. The summed E-state index contributed by atoms with van der Waals surface area (Å²) in [4.78, 5) is 0. The summed E-state index contributed by atoms with van der Waals surface area (Å²) in [6.07, 6.45) is 8.84. The molecule has 16 heavy (non-hydrogen) atoms. The normalized spacial score (nSPS) is 16.1. The van der Waals surface area contributed by atoms with Crippen molar-refractivity contribution in [2.24, 2.45) is 0 Å². The van der Waals surface area contributed by atoms with Crippen molar-refractivity contribution in [2.45, 2.75) is 38.6 Å². The summed E-state index contributed by atoms with van der Waals surface area (Å²) in [5.74, 6) is 1.40. The molecule has 0 amide bonds. The van der Waals surface area contributed by atoms with Crippen molar-refractivity contribution in [1.29, 1.82) is 0 Å². The highest BCUT2D eigenvalue weighted by Crippen LogP contribution is 2.19. The molecule has 0 aromatic carbocycles. The van der Waals surface area contributed by atoms with E-state index in [1.54, 1.807) is 11.6 Å². The van der Waals surface area contributed by atoms with E-state index in [1.165, 1.54) is 25.7 Å². The smallest absolute Gasteiger partial charge is 0.190 e. The topological polar surface area (TPSA) is 51.2 Å². The summed E-state index contributed by atoms with van der Waals surface area (Å²) >= 11 is 0. The lowest BCUT2D eigenvalue weighted by Gasteiger charge is -2.12. The monoisotopic (exact) mass is 220 g/mol. The fourth-order valence-corrected chi connectivity index (χ4v) is 2.08. The number of hydrogen-bond acceptors (Lipinski definition) is 3. The van der Waals surface area contributed by atoms with Gasteiger partial charge in [0.15, 0.2) is 5.88 Å². The fraction of sp³-hybridized carbons (Fsp3) is 0.538. The van der Waals surface area contributed by atoms with Crippen molar-refractivity contribution in [3.8, 4) is 0 Å². The second-order valence-electron chi connectivity index (χ2n) is 4.34. The van der Waals surface area contributed by atoms with Crippen LogP contribution >= 0.6 is 0 Å². The Labute approximate surface area is 96.7 Å². The predicted molar refractivity (Wildman–Crippen MR) is 66.0 cm³/mol. The van der Waals surface area contributed by atoms with Crippen molar-refractivity contribution in [3.05, 3.63) is 29.5 Å². The first-order valence-electron chi connectivity index (χ1n) is 6.07. The molecular formula is C13H20N2O. The Bertz CT molecular complexity index is 355. The molecule has 2 rings (SSSR count). The Kier molecular flexibility index (Phi) is 4.05. The van der Waals surface area contributed by atoms with E-state index < -0.39 is 0 Å². The van der Waals surface area contributed by atoms with E-state index in [4.69, 9.17) is 10.2 Å². The molecule has 0 saturated heterocycles. The summed E-state index contributed by atoms with van der Waals surface area (Å²) < 4.78 is 5.28. The molecule has 0 aliphatic heterocycles. The zero-order chi connectivity index (χ0) is 11.2. The first kappa shape index (κ1) is 11.3. The molecule has 0 bridgehead atoms. The molecule has 0 atom stereocenters. The second kappa shape index (κ2) is 5.75. The molecule has 0 spiro atoms. The Morgan fingerprint density at radius 2 is 2.25 bits per heavy atom. The van der Waals surface area contributed by atoms with Crippen molar-refractivity contribution in [2.75, 3.05) is 12.3 Å². The number of furan rings is 1. The summed E-state index contributed by atoms with van der Waals surface area (Å²) in [6, 6.07) is 3.71. The third-order valence-corrected chi connectivity index (χ3v) is 2.99. The molecule has 1 aromatic rings. The van der Waals surface area contributed by atoms with Gasteiger partial charge < -0.3 is 15.5 Å². The Balaban J connectivity index is 1.63. The summed E-state index contributed by atoms with van der Waals surface area (Å²) in [5.41, 5.74) is 7.11. The Morgan fingerprint density at radius 1 is 1.31 bits per heavy atom. The van der Waals surface area contributed by atoms with Gasteiger partial charge in [0.05, 0.1) is 6.54 Å². The van der Waals surface area contributed by atoms with E-state index in [1.807, 2.05) is 6.07 Å². The third-order valence-electron chi connectivity index (χ3n) is 2.99. The van der Waals surface area contributed by atoms with E-state index in [0.717, 1.165) is 25.3 Å². The minimum Gasteiger partial charge on any atom is -0.445 e. The lowest BCUT2D eigenvalue weighted by molar-refractivity contribution is 0.496. The molecule has 1 aliphatic carbocycles. The van der Waals surface area contributed by atoms with Gasteiger partial charge in [-0.1, -0.05) is 11.6 Å². The Hall–Kier alpha value is -1.22. The van der Waals surface area contributed by atoms with Crippen molar-refractivity contribution in [3.63, 3.8) is 0 Å². The number of anilines is 1. The highest BCUT2D eigenvalue weighted by Gasteiger charge is 2.03. The van der Waals surface area contributed by atoms with Crippen LogP contribution in [0.2, 0.25) is 0 Å². The summed E-state index contributed by atoms with van der Waals surface area (Å²) in [7, 11) is 0. The van der Waals surface area contributed by atoms with Crippen LogP contribution in [0, 0.1) is 0 Å². The molecule has 0 fully saturated rings. The van der Waals surface area contributed by atoms with Crippen LogP contribution in [-0.4, -0.2) is 6.54 Å². The molecule has 1 aromatic heterocycles. The molecule has 0 radical (unpaired) electrons. The van der Waals surface area contributed by atoms with E-state index >= 15 is 0 Å². The first-order chi connectivity index (χ1) is 7.84. The van der Waals surface area contributed by atoms with Crippen LogP contribution in [0.5, 0.6) is 0 Å². The lowest BCUT2D eigenvalue weighted by Crippen LogP contribution is -2.15. The van der Waals surface area contributed by atoms with Crippen molar-refractivity contribution >= 4 is 5.88 Å². The third kappa shape index (κ3) is 3.42. The van der Waals surface area contributed by atoms with Gasteiger partial charge >= 0.3 is 0 Å². The summed E-state index contributed by atoms with van der Waals surface area (Å²) in [6.45, 7) is 1.79. The van der Waals surface area contributed by atoms with Gasteiger partial charge in [-0.2, -0.15) is 0 Å². The van der Waals surface area contributed by atoms with Crippen LogP contribution in [0.3, 0.4) is 0 Å². The summed E-state index contributed by atoms with van der Waals surface area (Å²) in [5, 5.41) is 3.37. The lowest BCUT2D eigenvalue weighted by atomic mass is 9.97. The maximum Gasteiger partial charge on any atom is 0.190 e. The highest BCUT2D eigenvalue weighted by atomic mass is 16.4. The van der Waals surface area contributed by atoms with Crippen LogP contribution in [-0.2, 0) is 6.54 Å². The minimum atomic E-state index is 0.492. The van der Waals surface area contributed by atoms with Gasteiger partial charge in [0.1, 0.15) is 5.76 Å². The molecule has 1 heterocycles. The first-order valence-corrected chi connectivity index (χ1v) is 6.07. The average molecular weight is 220 g/mol. The fourth-order valence-electron chi connectivity index (χ4n) is 2.08. The SMILES string of the molecule is Nc1ccc(CNCCC2=CCCCC2)o1.